The van der Waals surface area contributed by atoms with Crippen molar-refractivity contribution >= 4 is 25.8 Å². The van der Waals surface area contributed by atoms with Gasteiger partial charge in [0.15, 0.2) is 15.6 Å². The number of aliphatic hydroxyl groups excluding tert-OH is 1. The van der Waals surface area contributed by atoms with Crippen molar-refractivity contribution in [3.63, 3.8) is 0 Å². The molecule has 96 valence electrons. The van der Waals surface area contributed by atoms with Crippen LogP contribution in [0.15, 0.2) is 21.5 Å². The van der Waals surface area contributed by atoms with E-state index in [4.69, 9.17) is 15.6 Å². The molecule has 0 fully saturated rings. The second-order valence-electron chi connectivity index (χ2n) is 3.60. The molecule has 0 bridgehead atoms. The Labute approximate surface area is 109 Å². The lowest BCUT2D eigenvalue weighted by Crippen LogP contribution is -2.15. The Morgan fingerprint density at radius 1 is 1.53 bits per heavy atom. The summed E-state index contributed by atoms with van der Waals surface area (Å²) in [5.41, 5.74) is 6.19. The van der Waals surface area contributed by atoms with Gasteiger partial charge in [-0.05, 0) is 33.6 Å². The molecule has 17 heavy (non-hydrogen) atoms. The second-order valence-corrected chi connectivity index (χ2v) is 6.43. The molecule has 0 aromatic heterocycles. The fourth-order valence-electron chi connectivity index (χ4n) is 1.38. The molecule has 3 N–H and O–H groups in total. The van der Waals surface area contributed by atoms with Crippen LogP contribution in [-0.2, 0) is 9.84 Å². The Kier molecular flexibility index (Phi) is 4.54. The van der Waals surface area contributed by atoms with Crippen LogP contribution in [0.4, 0.5) is 0 Å². The molecule has 1 aromatic rings. The predicted molar refractivity (Wildman–Crippen MR) is 67.8 cm³/mol. The maximum atomic E-state index is 11.6. The van der Waals surface area contributed by atoms with E-state index in [1.807, 2.05) is 0 Å². The van der Waals surface area contributed by atoms with Gasteiger partial charge in [0.25, 0.3) is 0 Å². The number of ether oxygens (including phenoxy) is 1. The zero-order valence-corrected chi connectivity index (χ0v) is 11.9. The van der Waals surface area contributed by atoms with E-state index in [2.05, 4.69) is 15.9 Å². The van der Waals surface area contributed by atoms with Gasteiger partial charge in [-0.25, -0.2) is 8.42 Å². The number of hydrogen-bond donors (Lipinski definition) is 2. The lowest BCUT2D eigenvalue weighted by Gasteiger charge is -2.14. The summed E-state index contributed by atoms with van der Waals surface area (Å²) in [7, 11) is -2.04. The van der Waals surface area contributed by atoms with Gasteiger partial charge in [0.05, 0.1) is 24.2 Å². The van der Waals surface area contributed by atoms with Crippen molar-refractivity contribution in [1.29, 1.82) is 0 Å². The molecule has 0 aliphatic rings. The van der Waals surface area contributed by atoms with Crippen molar-refractivity contribution in [2.75, 3.05) is 20.0 Å². The number of rotatable bonds is 4. The van der Waals surface area contributed by atoms with Crippen LogP contribution >= 0.6 is 15.9 Å². The molecule has 0 saturated carbocycles. The average Bonchev–Trinajstić information content (AvgIpc) is 2.25. The van der Waals surface area contributed by atoms with E-state index in [-0.39, 0.29) is 17.3 Å². The van der Waals surface area contributed by atoms with Gasteiger partial charge in [-0.3, -0.25) is 0 Å². The minimum atomic E-state index is -3.42. The highest BCUT2D eigenvalue weighted by Crippen LogP contribution is 2.34. The average molecular weight is 324 g/mol. The molecule has 1 unspecified atom stereocenters. The van der Waals surface area contributed by atoms with E-state index < -0.39 is 15.9 Å². The summed E-state index contributed by atoms with van der Waals surface area (Å²) in [5.74, 6) is 0.237. The molecular weight excluding hydrogens is 310 g/mol. The second kappa shape index (κ2) is 5.34. The molecule has 0 heterocycles. The Morgan fingerprint density at radius 3 is 2.53 bits per heavy atom. The van der Waals surface area contributed by atoms with E-state index in [0.717, 1.165) is 6.26 Å². The molecule has 0 aliphatic carbocycles. The predicted octanol–water partition coefficient (Wildman–Crippen LogP) is 0.853. The third-order valence-electron chi connectivity index (χ3n) is 2.26. The first-order chi connectivity index (χ1) is 7.81. The zero-order valence-electron chi connectivity index (χ0n) is 9.47. The normalized spacial score (nSPS) is 13.5. The quantitative estimate of drug-likeness (QED) is 0.857. The fourth-order valence-corrected chi connectivity index (χ4v) is 3.03. The Hall–Kier alpha value is -0.630. The highest BCUT2D eigenvalue weighted by molar-refractivity contribution is 9.10. The summed E-state index contributed by atoms with van der Waals surface area (Å²) in [6, 6.07) is 2.42. The topological polar surface area (TPSA) is 89.6 Å². The zero-order chi connectivity index (χ0) is 13.2. The number of methoxy groups -OCH3 is 1. The van der Waals surface area contributed by atoms with E-state index in [1.54, 1.807) is 6.07 Å². The summed E-state index contributed by atoms with van der Waals surface area (Å²) in [6.45, 7) is -0.262. The van der Waals surface area contributed by atoms with Crippen molar-refractivity contribution in [1.82, 2.24) is 0 Å². The van der Waals surface area contributed by atoms with Crippen molar-refractivity contribution in [2.45, 2.75) is 10.9 Å². The molecule has 0 radical (unpaired) electrons. The molecule has 1 atom stereocenters. The maximum absolute atomic E-state index is 11.6. The molecule has 5 nitrogen and oxygen atoms in total. The Morgan fingerprint density at radius 2 is 2.12 bits per heavy atom. The fraction of sp³-hybridized carbons (Fsp3) is 0.400. The Balaban J connectivity index is 3.50. The number of hydrogen-bond acceptors (Lipinski definition) is 5. The number of aliphatic hydroxyl groups is 1. The number of halogens is 1. The first kappa shape index (κ1) is 14.4. The van der Waals surface area contributed by atoms with E-state index in [9.17, 15) is 8.42 Å². The van der Waals surface area contributed by atoms with Crippen molar-refractivity contribution in [3.8, 4) is 5.75 Å². The minimum absolute atomic E-state index is 0.0493. The van der Waals surface area contributed by atoms with Gasteiger partial charge in [0.2, 0.25) is 0 Å². The smallest absolute Gasteiger partial charge is 0.179 e. The summed E-state index contributed by atoms with van der Waals surface area (Å²) in [5, 5.41) is 8.98. The van der Waals surface area contributed by atoms with Gasteiger partial charge in [-0.15, -0.1) is 0 Å². The summed E-state index contributed by atoms with van der Waals surface area (Å²) in [4.78, 5) is 0.0493. The maximum Gasteiger partial charge on any atom is 0.179 e. The van der Waals surface area contributed by atoms with Crippen LogP contribution in [0, 0.1) is 0 Å². The highest BCUT2D eigenvalue weighted by Gasteiger charge is 2.20. The lowest BCUT2D eigenvalue weighted by atomic mass is 10.1. The Bertz CT molecular complexity index is 515. The van der Waals surface area contributed by atoms with Gasteiger partial charge in [-0.1, -0.05) is 0 Å². The molecule has 1 rings (SSSR count). The van der Waals surface area contributed by atoms with Crippen LogP contribution < -0.4 is 10.5 Å². The van der Waals surface area contributed by atoms with Crippen LogP contribution in [0.5, 0.6) is 5.75 Å². The molecule has 0 aliphatic heterocycles. The molecule has 1 aromatic carbocycles. The van der Waals surface area contributed by atoms with Gasteiger partial charge < -0.3 is 15.6 Å². The SMILES string of the molecule is COc1c(Br)cc(C(N)CO)cc1S(C)(=O)=O. The van der Waals surface area contributed by atoms with E-state index >= 15 is 0 Å². The van der Waals surface area contributed by atoms with Gasteiger partial charge in [0.1, 0.15) is 4.90 Å². The van der Waals surface area contributed by atoms with Crippen LogP contribution in [0.25, 0.3) is 0 Å². The summed E-state index contributed by atoms with van der Waals surface area (Å²) < 4.78 is 28.8. The third kappa shape index (κ3) is 3.19. The molecular formula is C10H14BrNO4S. The van der Waals surface area contributed by atoms with Crippen LogP contribution in [0.1, 0.15) is 11.6 Å². The molecule has 0 amide bonds. The van der Waals surface area contributed by atoms with Gasteiger partial charge >= 0.3 is 0 Å². The highest BCUT2D eigenvalue weighted by atomic mass is 79.9. The molecule has 7 heteroatoms. The van der Waals surface area contributed by atoms with Crippen molar-refractivity contribution in [3.05, 3.63) is 22.2 Å². The van der Waals surface area contributed by atoms with Crippen molar-refractivity contribution < 1.29 is 18.3 Å². The molecule has 0 spiro atoms. The molecule has 0 saturated heterocycles. The van der Waals surface area contributed by atoms with Crippen molar-refractivity contribution in [2.24, 2.45) is 5.73 Å². The first-order valence-corrected chi connectivity index (χ1v) is 7.43. The van der Waals surface area contributed by atoms with E-state index in [0.29, 0.717) is 10.0 Å². The number of nitrogens with two attached hydrogens (primary N) is 1. The monoisotopic (exact) mass is 323 g/mol. The largest absolute Gasteiger partial charge is 0.494 e. The standard InChI is InChI=1S/C10H14BrNO4S/c1-16-10-7(11)3-6(8(12)5-13)4-9(10)17(2,14)15/h3-4,8,13H,5,12H2,1-2H3. The summed E-state index contributed by atoms with van der Waals surface area (Å²) in [6.07, 6.45) is 1.09. The first-order valence-electron chi connectivity index (χ1n) is 4.75. The van der Waals surface area contributed by atoms with Crippen LogP contribution in [0.2, 0.25) is 0 Å². The minimum Gasteiger partial charge on any atom is -0.494 e. The lowest BCUT2D eigenvalue weighted by molar-refractivity contribution is 0.267. The van der Waals surface area contributed by atoms with Crippen LogP contribution in [0.3, 0.4) is 0 Å². The number of benzene rings is 1. The number of sulfone groups is 1. The van der Waals surface area contributed by atoms with Gasteiger partial charge in [-0.2, -0.15) is 0 Å². The van der Waals surface area contributed by atoms with E-state index in [1.165, 1.54) is 13.2 Å². The van der Waals surface area contributed by atoms with Crippen LogP contribution in [-0.4, -0.2) is 33.5 Å². The summed E-state index contributed by atoms with van der Waals surface area (Å²) >= 11 is 3.22. The van der Waals surface area contributed by atoms with Gasteiger partial charge in [0, 0.05) is 6.26 Å². The third-order valence-corrected chi connectivity index (χ3v) is 3.95.